The number of hydrogen-bond donors (Lipinski definition) is 2. The molecular formula is C16H24N2O2S. The monoisotopic (exact) mass is 308 g/mol. The zero-order valence-electron chi connectivity index (χ0n) is 12.3. The van der Waals surface area contributed by atoms with Crippen molar-refractivity contribution < 1.29 is 8.42 Å². The molecule has 2 aliphatic carbocycles. The quantitative estimate of drug-likeness (QED) is 0.770. The molecule has 0 spiro atoms. The fourth-order valence-corrected chi connectivity index (χ4v) is 4.13. The van der Waals surface area contributed by atoms with Gasteiger partial charge in [0.15, 0.2) is 0 Å². The second kappa shape index (κ2) is 6.07. The van der Waals surface area contributed by atoms with Crippen molar-refractivity contribution in [3.05, 3.63) is 29.8 Å². The first-order chi connectivity index (χ1) is 10.1. The Hall–Kier alpha value is -0.910. The first-order valence-corrected chi connectivity index (χ1v) is 9.37. The predicted octanol–water partition coefficient (Wildman–Crippen LogP) is 1.90. The molecule has 0 radical (unpaired) electrons. The van der Waals surface area contributed by atoms with E-state index in [0.29, 0.717) is 23.9 Å². The second-order valence-corrected chi connectivity index (χ2v) is 8.14. The van der Waals surface area contributed by atoms with Crippen LogP contribution in [-0.2, 0) is 16.4 Å². The first kappa shape index (κ1) is 15.0. The maximum Gasteiger partial charge on any atom is 0.240 e. The lowest BCUT2D eigenvalue weighted by Crippen LogP contribution is -2.31. The summed E-state index contributed by atoms with van der Waals surface area (Å²) in [4.78, 5) is 0.355. The highest BCUT2D eigenvalue weighted by atomic mass is 32.2. The van der Waals surface area contributed by atoms with Crippen LogP contribution >= 0.6 is 0 Å². The average Bonchev–Trinajstić information content (AvgIpc) is 3.34. The molecule has 2 aliphatic rings. The third-order valence-electron chi connectivity index (χ3n) is 4.63. The topological polar surface area (TPSA) is 72.2 Å². The number of nitrogens with one attached hydrogen (secondary N) is 1. The third kappa shape index (κ3) is 3.84. The molecule has 3 N–H and O–H groups in total. The summed E-state index contributed by atoms with van der Waals surface area (Å²) < 4.78 is 27.5. The Labute approximate surface area is 127 Å². The molecule has 0 unspecified atom stereocenters. The van der Waals surface area contributed by atoms with Crippen molar-refractivity contribution in [1.82, 2.24) is 4.72 Å². The molecule has 0 heterocycles. The summed E-state index contributed by atoms with van der Waals surface area (Å²) in [5.41, 5.74) is 6.58. The fraction of sp³-hybridized carbons (Fsp3) is 0.625. The minimum Gasteiger partial charge on any atom is -0.330 e. The molecule has 2 fully saturated rings. The normalized spacial score (nSPS) is 19.1. The number of sulfonamides is 1. The minimum absolute atomic E-state index is 0.355. The van der Waals surface area contributed by atoms with E-state index in [0.717, 1.165) is 23.8 Å². The zero-order valence-corrected chi connectivity index (χ0v) is 13.1. The SMILES string of the molecule is NCCc1ccc(S(=O)(=O)NCC(C2CC2)C2CC2)cc1. The van der Waals surface area contributed by atoms with E-state index in [1.54, 1.807) is 12.1 Å². The lowest BCUT2D eigenvalue weighted by atomic mass is 9.99. The number of hydrogen-bond acceptors (Lipinski definition) is 3. The summed E-state index contributed by atoms with van der Waals surface area (Å²) in [5.74, 6) is 2.07. The van der Waals surface area contributed by atoms with Gasteiger partial charge in [-0.1, -0.05) is 12.1 Å². The summed E-state index contributed by atoms with van der Waals surface area (Å²) in [7, 11) is -3.38. The summed E-state index contributed by atoms with van der Waals surface area (Å²) >= 11 is 0. The average molecular weight is 308 g/mol. The van der Waals surface area contributed by atoms with Crippen LogP contribution in [0.1, 0.15) is 31.2 Å². The van der Waals surface area contributed by atoms with Crippen molar-refractivity contribution >= 4 is 10.0 Å². The molecule has 0 bridgehead atoms. The Kier molecular flexibility index (Phi) is 4.33. The molecule has 1 aromatic carbocycles. The van der Waals surface area contributed by atoms with Crippen LogP contribution in [0.5, 0.6) is 0 Å². The van der Waals surface area contributed by atoms with Crippen molar-refractivity contribution in [2.24, 2.45) is 23.5 Å². The maximum absolute atomic E-state index is 12.4. The number of nitrogens with two attached hydrogens (primary N) is 1. The van der Waals surface area contributed by atoms with E-state index in [9.17, 15) is 8.42 Å². The molecule has 0 amide bonds. The standard InChI is InChI=1S/C16H24N2O2S/c17-10-9-12-1-7-15(8-2-12)21(19,20)18-11-16(13-3-4-13)14-5-6-14/h1-2,7-8,13-14,16,18H,3-6,9-11,17H2. The predicted molar refractivity (Wildman–Crippen MR) is 83.3 cm³/mol. The van der Waals surface area contributed by atoms with Gasteiger partial charge in [-0.3, -0.25) is 0 Å². The highest BCUT2D eigenvalue weighted by molar-refractivity contribution is 7.89. The Balaban J connectivity index is 1.62. The molecule has 2 saturated carbocycles. The van der Waals surface area contributed by atoms with Crippen LogP contribution in [0.25, 0.3) is 0 Å². The smallest absolute Gasteiger partial charge is 0.240 e. The van der Waals surface area contributed by atoms with Crippen molar-refractivity contribution in [2.75, 3.05) is 13.1 Å². The molecule has 0 aliphatic heterocycles. The van der Waals surface area contributed by atoms with Gasteiger partial charge in [0.2, 0.25) is 10.0 Å². The second-order valence-electron chi connectivity index (χ2n) is 6.37. The molecule has 0 saturated heterocycles. The minimum atomic E-state index is -3.38. The summed E-state index contributed by atoms with van der Waals surface area (Å²) in [6.07, 6.45) is 5.87. The summed E-state index contributed by atoms with van der Waals surface area (Å²) in [6, 6.07) is 7.05. The van der Waals surface area contributed by atoms with Crippen molar-refractivity contribution in [1.29, 1.82) is 0 Å². The highest BCUT2D eigenvalue weighted by Gasteiger charge is 2.41. The largest absolute Gasteiger partial charge is 0.330 e. The van der Waals surface area contributed by atoms with Crippen molar-refractivity contribution in [3.63, 3.8) is 0 Å². The first-order valence-electron chi connectivity index (χ1n) is 7.89. The summed E-state index contributed by atoms with van der Waals surface area (Å²) in [5, 5.41) is 0. The number of rotatable bonds is 8. The van der Waals surface area contributed by atoms with Gasteiger partial charge in [-0.25, -0.2) is 13.1 Å². The van der Waals surface area contributed by atoms with Crippen LogP contribution in [-0.4, -0.2) is 21.5 Å². The maximum atomic E-state index is 12.4. The fourth-order valence-electron chi connectivity index (χ4n) is 3.06. The van der Waals surface area contributed by atoms with Crippen molar-refractivity contribution in [3.8, 4) is 0 Å². The Bertz CT molecular complexity index is 563. The molecule has 1 aromatic rings. The Morgan fingerprint density at radius 3 is 2.14 bits per heavy atom. The van der Waals surface area contributed by atoms with Gasteiger partial charge in [-0.2, -0.15) is 0 Å². The van der Waals surface area contributed by atoms with Gasteiger partial charge in [0.1, 0.15) is 0 Å². The van der Waals surface area contributed by atoms with Crippen molar-refractivity contribution in [2.45, 2.75) is 37.0 Å². The van der Waals surface area contributed by atoms with E-state index in [1.165, 1.54) is 25.7 Å². The third-order valence-corrected chi connectivity index (χ3v) is 6.07. The van der Waals surface area contributed by atoms with E-state index < -0.39 is 10.0 Å². The van der Waals surface area contributed by atoms with Crippen LogP contribution in [0.15, 0.2) is 29.2 Å². The van der Waals surface area contributed by atoms with E-state index >= 15 is 0 Å². The molecule has 3 rings (SSSR count). The lowest BCUT2D eigenvalue weighted by Gasteiger charge is -2.16. The van der Waals surface area contributed by atoms with E-state index in [1.807, 2.05) is 12.1 Å². The van der Waals surface area contributed by atoms with E-state index in [-0.39, 0.29) is 0 Å². The van der Waals surface area contributed by atoms with Crippen LogP contribution in [0.3, 0.4) is 0 Å². The van der Waals surface area contributed by atoms with Gasteiger partial charge in [0.25, 0.3) is 0 Å². The van der Waals surface area contributed by atoms with E-state index in [2.05, 4.69) is 4.72 Å². The molecule has 116 valence electrons. The van der Waals surface area contributed by atoms with E-state index in [4.69, 9.17) is 5.73 Å². The molecule has 5 heteroatoms. The number of benzene rings is 1. The molecular weight excluding hydrogens is 284 g/mol. The van der Waals surface area contributed by atoms with Gasteiger partial charge < -0.3 is 5.73 Å². The molecule has 0 aromatic heterocycles. The summed E-state index contributed by atoms with van der Waals surface area (Å²) in [6.45, 7) is 1.18. The van der Waals surface area contributed by atoms with Crippen LogP contribution in [0, 0.1) is 17.8 Å². The zero-order chi connectivity index (χ0) is 14.9. The Morgan fingerprint density at radius 2 is 1.67 bits per heavy atom. The highest BCUT2D eigenvalue weighted by Crippen LogP contribution is 2.48. The van der Waals surface area contributed by atoms with Gasteiger partial charge >= 0.3 is 0 Å². The molecule has 21 heavy (non-hydrogen) atoms. The Morgan fingerprint density at radius 1 is 1.10 bits per heavy atom. The van der Waals surface area contributed by atoms with Gasteiger partial charge in [-0.05, 0) is 74.1 Å². The lowest BCUT2D eigenvalue weighted by molar-refractivity contribution is 0.401. The van der Waals surface area contributed by atoms with Crippen LogP contribution in [0.2, 0.25) is 0 Å². The van der Waals surface area contributed by atoms with Gasteiger partial charge in [0.05, 0.1) is 4.90 Å². The molecule has 4 nitrogen and oxygen atoms in total. The van der Waals surface area contributed by atoms with Crippen LogP contribution in [0.4, 0.5) is 0 Å². The molecule has 0 atom stereocenters. The van der Waals surface area contributed by atoms with Gasteiger partial charge in [-0.15, -0.1) is 0 Å². The van der Waals surface area contributed by atoms with Gasteiger partial charge in [0, 0.05) is 6.54 Å². The van der Waals surface area contributed by atoms with Crippen LogP contribution < -0.4 is 10.5 Å².